The highest BCUT2D eigenvalue weighted by Crippen LogP contribution is 2.05. The summed E-state index contributed by atoms with van der Waals surface area (Å²) in [6.07, 6.45) is 1.88. The Balaban J connectivity index is 0.000000303. The van der Waals surface area contributed by atoms with Crippen LogP contribution in [0.2, 0.25) is 0 Å². The fourth-order valence-electron chi connectivity index (χ4n) is 2.66. The van der Waals surface area contributed by atoms with Gasteiger partial charge in [0.2, 0.25) is 0 Å². The molecule has 35 heavy (non-hydrogen) atoms. The molecule has 0 aliphatic rings. The van der Waals surface area contributed by atoms with Gasteiger partial charge in [0.25, 0.3) is 11.8 Å². The van der Waals surface area contributed by atoms with Gasteiger partial charge in [-0.15, -0.1) is 0 Å². The number of carbonyl (C=O) groups excluding carboxylic acids is 3. The minimum absolute atomic E-state index is 0.000000000000000222. The van der Waals surface area contributed by atoms with E-state index in [1.165, 1.54) is 0 Å². The minimum atomic E-state index is -1.05. The number of nitrogens with one attached hydrogen (secondary N) is 1. The molecule has 0 unspecified atom stereocenters. The number of esters is 1. The Hall–Kier alpha value is -4.64. The van der Waals surface area contributed by atoms with Crippen LogP contribution in [-0.2, 0) is 27.5 Å². The van der Waals surface area contributed by atoms with Crippen molar-refractivity contribution in [2.45, 2.75) is 25.6 Å². The van der Waals surface area contributed by atoms with E-state index in [2.05, 4.69) is 15.3 Å². The number of rotatable bonds is 10. The van der Waals surface area contributed by atoms with Crippen molar-refractivity contribution in [3.8, 4) is 0 Å². The molecule has 0 spiro atoms. The van der Waals surface area contributed by atoms with Gasteiger partial charge in [-0.3, -0.25) is 24.5 Å². The molecule has 0 saturated heterocycles. The lowest BCUT2D eigenvalue weighted by molar-refractivity contribution is -0.151. The quantitative estimate of drug-likeness (QED) is 0.308. The van der Waals surface area contributed by atoms with Gasteiger partial charge in [0, 0.05) is 6.54 Å². The summed E-state index contributed by atoms with van der Waals surface area (Å²) in [7, 11) is 0. The number of benzene rings is 2. The van der Waals surface area contributed by atoms with Crippen LogP contribution in [0.25, 0.3) is 0 Å². The summed E-state index contributed by atoms with van der Waals surface area (Å²) < 4.78 is 5.21. The first-order valence-corrected chi connectivity index (χ1v) is 10.4. The third-order valence-corrected chi connectivity index (χ3v) is 4.44. The maximum Gasteiger partial charge on any atom is 0.324 e. The molecule has 3 aromatic rings. The maximum absolute atomic E-state index is 12.1. The Morgan fingerprint density at radius 1 is 0.829 bits per heavy atom. The molecular weight excluding hydrogens is 454 g/mol. The second kappa shape index (κ2) is 13.8. The van der Waals surface area contributed by atoms with Crippen LogP contribution in [0, 0.1) is 0 Å². The van der Waals surface area contributed by atoms with E-state index >= 15 is 0 Å². The highest BCUT2D eigenvalue weighted by molar-refractivity contribution is 5.92. The van der Waals surface area contributed by atoms with Crippen LogP contribution in [0.3, 0.4) is 0 Å². The first-order valence-electron chi connectivity index (χ1n) is 10.4. The molecular formula is C24H25N5O6. The number of hydrogen-bond acceptors (Lipinski definition) is 8. The molecule has 182 valence electrons. The second-order valence-electron chi connectivity index (χ2n) is 7.13. The summed E-state index contributed by atoms with van der Waals surface area (Å²) in [4.78, 5) is 51.2. The van der Waals surface area contributed by atoms with Crippen molar-refractivity contribution in [3.05, 3.63) is 95.6 Å². The van der Waals surface area contributed by atoms with Gasteiger partial charge in [-0.25, -0.2) is 9.97 Å². The summed E-state index contributed by atoms with van der Waals surface area (Å²) in [5, 5.41) is 11.9. The lowest BCUT2D eigenvalue weighted by Crippen LogP contribution is -2.39. The van der Waals surface area contributed by atoms with Crippen LogP contribution >= 0.6 is 0 Å². The number of amides is 2. The molecule has 1 aromatic heterocycles. The Bertz CT molecular complexity index is 1090. The monoisotopic (exact) mass is 479 g/mol. The molecule has 0 radical (unpaired) electrons. The SMILES string of the molecule is NC(=O)c1cnc(C(N)=O)cn1.O=C(O)C[C@H](NCc1ccccc1)C(=O)OCc1ccccc1. The fourth-order valence-corrected chi connectivity index (χ4v) is 2.66. The van der Waals surface area contributed by atoms with E-state index in [0.29, 0.717) is 6.54 Å². The number of aliphatic carboxylic acids is 1. The number of nitrogens with zero attached hydrogens (tertiary/aromatic N) is 2. The van der Waals surface area contributed by atoms with Gasteiger partial charge >= 0.3 is 11.9 Å². The molecule has 0 aliphatic heterocycles. The smallest absolute Gasteiger partial charge is 0.324 e. The van der Waals surface area contributed by atoms with Crippen molar-refractivity contribution in [2.75, 3.05) is 0 Å². The van der Waals surface area contributed by atoms with Gasteiger partial charge in [-0.2, -0.15) is 0 Å². The van der Waals surface area contributed by atoms with E-state index in [1.54, 1.807) is 0 Å². The molecule has 1 atom stereocenters. The lowest BCUT2D eigenvalue weighted by Gasteiger charge is -2.16. The standard InChI is InChI=1S/C18H19NO4.C6H6N4O2/c20-17(21)11-16(19-12-14-7-3-1-4-8-14)18(22)23-13-15-9-5-2-6-10-15;7-5(11)3-1-9-4(2-10-3)6(8)12/h1-10,16,19H,11-13H2,(H,20,21);1-2H,(H2,7,11)(H2,8,12)/t16-;/m0./s1. The van der Waals surface area contributed by atoms with E-state index in [9.17, 15) is 19.2 Å². The van der Waals surface area contributed by atoms with Crippen LogP contribution in [0.15, 0.2) is 73.1 Å². The molecule has 3 rings (SSSR count). The van der Waals surface area contributed by atoms with Gasteiger partial charge in [0.05, 0.1) is 18.8 Å². The molecule has 0 fully saturated rings. The van der Waals surface area contributed by atoms with Crippen molar-refractivity contribution < 1.29 is 29.0 Å². The first-order chi connectivity index (χ1) is 16.8. The number of hydrogen-bond donors (Lipinski definition) is 4. The molecule has 0 saturated carbocycles. The molecule has 11 heteroatoms. The number of nitrogens with two attached hydrogens (primary N) is 2. The van der Waals surface area contributed by atoms with Crippen LogP contribution in [0.1, 0.15) is 38.5 Å². The molecule has 2 aromatic carbocycles. The highest BCUT2D eigenvalue weighted by atomic mass is 16.5. The molecule has 11 nitrogen and oxygen atoms in total. The number of ether oxygens (including phenoxy) is 1. The number of aromatic nitrogens is 2. The van der Waals surface area contributed by atoms with Gasteiger partial charge in [0.15, 0.2) is 0 Å². The Morgan fingerprint density at radius 2 is 1.31 bits per heavy atom. The van der Waals surface area contributed by atoms with Gasteiger partial charge in [-0.05, 0) is 11.1 Å². The minimum Gasteiger partial charge on any atom is -0.481 e. The summed E-state index contributed by atoms with van der Waals surface area (Å²) in [5.41, 5.74) is 11.6. The Labute approximate surface area is 201 Å². The molecule has 2 amide bonds. The lowest BCUT2D eigenvalue weighted by atomic mass is 10.1. The van der Waals surface area contributed by atoms with Crippen molar-refractivity contribution in [3.63, 3.8) is 0 Å². The molecule has 0 bridgehead atoms. The summed E-state index contributed by atoms with van der Waals surface area (Å²) in [5.74, 6) is -3.00. The highest BCUT2D eigenvalue weighted by Gasteiger charge is 2.22. The second-order valence-corrected chi connectivity index (χ2v) is 7.13. The number of primary amides is 2. The van der Waals surface area contributed by atoms with E-state index in [4.69, 9.17) is 21.3 Å². The van der Waals surface area contributed by atoms with E-state index < -0.39 is 29.8 Å². The van der Waals surface area contributed by atoms with Crippen molar-refractivity contribution in [2.24, 2.45) is 11.5 Å². The average Bonchev–Trinajstić information content (AvgIpc) is 2.86. The largest absolute Gasteiger partial charge is 0.481 e. The van der Waals surface area contributed by atoms with Crippen molar-refractivity contribution in [1.29, 1.82) is 0 Å². The number of carboxylic acid groups (broad SMARTS) is 1. The fraction of sp³-hybridized carbons (Fsp3) is 0.167. The van der Waals surface area contributed by atoms with E-state index in [-0.39, 0.29) is 24.4 Å². The molecule has 0 aliphatic carbocycles. The van der Waals surface area contributed by atoms with Gasteiger partial charge in [0.1, 0.15) is 24.0 Å². The number of carboxylic acids is 1. The first kappa shape index (κ1) is 26.6. The average molecular weight is 479 g/mol. The zero-order valence-corrected chi connectivity index (χ0v) is 18.7. The predicted octanol–water partition coefficient (Wildman–Crippen LogP) is 1.04. The van der Waals surface area contributed by atoms with Crippen molar-refractivity contribution >= 4 is 23.8 Å². The zero-order valence-electron chi connectivity index (χ0n) is 18.7. The third-order valence-electron chi connectivity index (χ3n) is 4.44. The van der Waals surface area contributed by atoms with E-state index in [0.717, 1.165) is 23.5 Å². The molecule has 1 heterocycles. The van der Waals surface area contributed by atoms with Crippen LogP contribution in [-0.4, -0.2) is 44.9 Å². The van der Waals surface area contributed by atoms with E-state index in [1.807, 2.05) is 60.7 Å². The topological polar surface area (TPSA) is 188 Å². The van der Waals surface area contributed by atoms with Crippen LogP contribution < -0.4 is 16.8 Å². The zero-order chi connectivity index (χ0) is 25.6. The summed E-state index contributed by atoms with van der Waals surface area (Å²) in [6.45, 7) is 0.530. The normalized spacial score (nSPS) is 10.9. The van der Waals surface area contributed by atoms with Crippen molar-refractivity contribution in [1.82, 2.24) is 15.3 Å². The summed E-state index contributed by atoms with van der Waals surface area (Å²) in [6, 6.07) is 17.9. The maximum atomic E-state index is 12.1. The van der Waals surface area contributed by atoms with Gasteiger partial charge < -0.3 is 21.3 Å². The van der Waals surface area contributed by atoms with Crippen LogP contribution in [0.4, 0.5) is 0 Å². The summed E-state index contributed by atoms with van der Waals surface area (Å²) >= 11 is 0. The molecule has 6 N–H and O–H groups in total. The predicted molar refractivity (Wildman–Crippen MR) is 125 cm³/mol. The third kappa shape index (κ3) is 9.80. The van der Waals surface area contributed by atoms with Gasteiger partial charge in [-0.1, -0.05) is 60.7 Å². The van der Waals surface area contributed by atoms with Crippen LogP contribution in [0.5, 0.6) is 0 Å². The Morgan fingerprint density at radius 3 is 1.74 bits per heavy atom. The Kier molecular flexibility index (Phi) is 10.5. The number of carbonyl (C=O) groups is 4.